The van der Waals surface area contributed by atoms with E-state index in [0.29, 0.717) is 22.6 Å². The van der Waals surface area contributed by atoms with Gasteiger partial charge in [-0.05, 0) is 49.1 Å². The quantitative estimate of drug-likeness (QED) is 0.732. The lowest BCUT2D eigenvalue weighted by Gasteiger charge is -2.16. The molecule has 0 saturated carbocycles. The maximum atomic E-state index is 13.2. The summed E-state index contributed by atoms with van der Waals surface area (Å²) in [4.78, 5) is 12.1. The Labute approximate surface area is 162 Å². The van der Waals surface area contributed by atoms with E-state index in [2.05, 4.69) is 21.9 Å². The molecule has 1 aliphatic rings. The molecule has 4 rings (SSSR count). The van der Waals surface area contributed by atoms with E-state index in [9.17, 15) is 8.78 Å². The summed E-state index contributed by atoms with van der Waals surface area (Å²) in [6.45, 7) is 3.50. The molecule has 0 atom stereocenters. The molecule has 3 heterocycles. The zero-order chi connectivity index (χ0) is 19.9. The van der Waals surface area contributed by atoms with Crippen LogP contribution in [0, 0.1) is 11.7 Å². The highest BCUT2D eigenvalue weighted by atomic mass is 19.1. The standard InChI is InChI=1S/C14H11F2N5.C6H12O/c15-7-21-8-19-12(9-1-3-10(16)4-2-9)13(21)11-5-6-18-14(17)20-11;1-6-2-4-7-5-3-6/h1-6,8H,7H2,(H2,17,18,20);6H,2-5H2,1H3. The zero-order valence-electron chi connectivity index (χ0n) is 15.7. The highest BCUT2D eigenvalue weighted by molar-refractivity contribution is 5.76. The van der Waals surface area contributed by atoms with Crippen LogP contribution >= 0.6 is 0 Å². The molecule has 0 unspecified atom stereocenters. The van der Waals surface area contributed by atoms with Gasteiger partial charge in [0.05, 0.1) is 23.4 Å². The molecule has 148 valence electrons. The molecular weight excluding hydrogens is 364 g/mol. The van der Waals surface area contributed by atoms with Crippen molar-refractivity contribution in [3.05, 3.63) is 48.7 Å². The minimum atomic E-state index is -0.757. The third-order valence-corrected chi connectivity index (χ3v) is 4.51. The predicted octanol–water partition coefficient (Wildman–Crippen LogP) is 4.09. The molecule has 8 heteroatoms. The van der Waals surface area contributed by atoms with Crippen LogP contribution in [0.5, 0.6) is 0 Å². The molecule has 1 aliphatic heterocycles. The van der Waals surface area contributed by atoms with Crippen molar-refractivity contribution < 1.29 is 13.5 Å². The van der Waals surface area contributed by atoms with Crippen molar-refractivity contribution in [3.8, 4) is 22.6 Å². The average Bonchev–Trinajstić information content (AvgIpc) is 3.14. The van der Waals surface area contributed by atoms with E-state index in [1.807, 2.05) is 0 Å². The SMILES string of the molecule is CC1CCOCC1.Nc1nccc(-c2c(-c3ccc(F)cc3)ncn2CF)n1. The van der Waals surface area contributed by atoms with Crippen LogP contribution in [0.15, 0.2) is 42.9 Å². The van der Waals surface area contributed by atoms with Gasteiger partial charge in [0, 0.05) is 25.0 Å². The van der Waals surface area contributed by atoms with Gasteiger partial charge in [0.2, 0.25) is 5.95 Å². The normalized spacial score (nSPS) is 14.4. The van der Waals surface area contributed by atoms with E-state index < -0.39 is 6.80 Å². The van der Waals surface area contributed by atoms with Crippen LogP contribution in [0.4, 0.5) is 14.7 Å². The number of halogens is 2. The highest BCUT2D eigenvalue weighted by Gasteiger charge is 2.16. The maximum Gasteiger partial charge on any atom is 0.220 e. The Balaban J connectivity index is 0.000000271. The van der Waals surface area contributed by atoms with Gasteiger partial charge in [-0.2, -0.15) is 0 Å². The lowest BCUT2D eigenvalue weighted by molar-refractivity contribution is 0.0716. The van der Waals surface area contributed by atoms with Crippen molar-refractivity contribution in [3.63, 3.8) is 0 Å². The van der Waals surface area contributed by atoms with E-state index in [4.69, 9.17) is 10.5 Å². The summed E-state index contributed by atoms with van der Waals surface area (Å²) in [6, 6.07) is 7.42. The van der Waals surface area contributed by atoms with Crippen LogP contribution in [-0.4, -0.2) is 32.7 Å². The van der Waals surface area contributed by atoms with E-state index in [1.165, 1.54) is 42.1 Å². The van der Waals surface area contributed by atoms with E-state index in [0.717, 1.165) is 19.1 Å². The van der Waals surface area contributed by atoms with Gasteiger partial charge < -0.3 is 10.5 Å². The first kappa shape index (κ1) is 19.9. The van der Waals surface area contributed by atoms with Crippen LogP contribution in [0.3, 0.4) is 0 Å². The number of benzene rings is 1. The number of hydrogen-bond acceptors (Lipinski definition) is 5. The Morgan fingerprint density at radius 1 is 1.14 bits per heavy atom. The molecule has 1 saturated heterocycles. The fraction of sp³-hybridized carbons (Fsp3) is 0.350. The molecule has 1 fully saturated rings. The molecule has 0 bridgehead atoms. The van der Waals surface area contributed by atoms with Gasteiger partial charge in [-0.3, -0.25) is 4.57 Å². The fourth-order valence-electron chi connectivity index (χ4n) is 2.88. The summed E-state index contributed by atoms with van der Waals surface area (Å²) in [6.07, 6.45) is 5.38. The number of nitrogen functional groups attached to an aromatic ring is 1. The Morgan fingerprint density at radius 3 is 2.43 bits per heavy atom. The number of nitrogens with zero attached hydrogens (tertiary/aromatic N) is 4. The summed E-state index contributed by atoms with van der Waals surface area (Å²) in [5.74, 6) is 0.648. The molecule has 28 heavy (non-hydrogen) atoms. The number of rotatable bonds is 3. The first-order chi connectivity index (χ1) is 13.6. The van der Waals surface area contributed by atoms with Gasteiger partial charge in [0.25, 0.3) is 0 Å². The van der Waals surface area contributed by atoms with Crippen molar-refractivity contribution in [1.82, 2.24) is 19.5 Å². The second kappa shape index (κ2) is 9.36. The summed E-state index contributed by atoms with van der Waals surface area (Å²) >= 11 is 0. The van der Waals surface area contributed by atoms with Crippen molar-refractivity contribution in [2.75, 3.05) is 18.9 Å². The number of imidazole rings is 1. The first-order valence-corrected chi connectivity index (χ1v) is 9.12. The molecule has 2 aromatic heterocycles. The Bertz CT molecular complexity index is 892. The fourth-order valence-corrected chi connectivity index (χ4v) is 2.88. The molecule has 3 aromatic rings. The number of anilines is 1. The monoisotopic (exact) mass is 387 g/mol. The molecule has 0 aliphatic carbocycles. The van der Waals surface area contributed by atoms with Gasteiger partial charge in [-0.25, -0.2) is 23.7 Å². The molecular formula is C20H23F2N5O. The summed E-state index contributed by atoms with van der Waals surface area (Å²) in [7, 11) is 0. The van der Waals surface area contributed by atoms with Crippen LogP contribution in [0.25, 0.3) is 22.6 Å². The second-order valence-electron chi connectivity index (χ2n) is 6.63. The van der Waals surface area contributed by atoms with E-state index >= 15 is 0 Å². The summed E-state index contributed by atoms with van der Waals surface area (Å²) < 4.78 is 32.6. The van der Waals surface area contributed by atoms with Gasteiger partial charge in [0.15, 0.2) is 6.80 Å². The van der Waals surface area contributed by atoms with Crippen molar-refractivity contribution >= 4 is 5.95 Å². The Morgan fingerprint density at radius 2 is 1.86 bits per heavy atom. The first-order valence-electron chi connectivity index (χ1n) is 9.12. The van der Waals surface area contributed by atoms with Crippen LogP contribution < -0.4 is 5.73 Å². The minimum Gasteiger partial charge on any atom is -0.381 e. The predicted molar refractivity (Wildman–Crippen MR) is 103 cm³/mol. The number of nitrogens with two attached hydrogens (primary N) is 1. The molecule has 2 N–H and O–H groups in total. The largest absolute Gasteiger partial charge is 0.381 e. The number of ether oxygens (including phenoxy) is 1. The average molecular weight is 387 g/mol. The molecule has 0 amide bonds. The van der Waals surface area contributed by atoms with Gasteiger partial charge in [0.1, 0.15) is 5.82 Å². The lowest BCUT2D eigenvalue weighted by Crippen LogP contribution is -2.12. The van der Waals surface area contributed by atoms with Crippen molar-refractivity contribution in [1.29, 1.82) is 0 Å². The smallest absolute Gasteiger partial charge is 0.220 e. The highest BCUT2D eigenvalue weighted by Crippen LogP contribution is 2.30. The maximum absolute atomic E-state index is 13.2. The number of hydrogen-bond donors (Lipinski definition) is 1. The van der Waals surface area contributed by atoms with Crippen molar-refractivity contribution in [2.24, 2.45) is 5.92 Å². The number of aromatic nitrogens is 4. The van der Waals surface area contributed by atoms with Crippen LogP contribution in [0.2, 0.25) is 0 Å². The second-order valence-corrected chi connectivity index (χ2v) is 6.63. The van der Waals surface area contributed by atoms with Crippen LogP contribution in [-0.2, 0) is 11.5 Å². The summed E-state index contributed by atoms with van der Waals surface area (Å²) in [5.41, 5.74) is 7.66. The topological polar surface area (TPSA) is 78.9 Å². The Hall–Kier alpha value is -2.87. The molecule has 0 radical (unpaired) electrons. The van der Waals surface area contributed by atoms with E-state index in [1.54, 1.807) is 18.2 Å². The van der Waals surface area contributed by atoms with Gasteiger partial charge in [-0.15, -0.1) is 0 Å². The third-order valence-electron chi connectivity index (χ3n) is 4.51. The molecule has 6 nitrogen and oxygen atoms in total. The molecule has 0 spiro atoms. The Kier molecular flexibility index (Phi) is 6.65. The number of alkyl halides is 1. The van der Waals surface area contributed by atoms with Gasteiger partial charge in [-0.1, -0.05) is 6.92 Å². The third kappa shape index (κ3) is 4.89. The minimum absolute atomic E-state index is 0.0872. The molecule has 1 aromatic carbocycles. The van der Waals surface area contributed by atoms with Gasteiger partial charge >= 0.3 is 0 Å². The summed E-state index contributed by atoms with van der Waals surface area (Å²) in [5, 5.41) is 0. The lowest BCUT2D eigenvalue weighted by atomic mass is 10.0. The van der Waals surface area contributed by atoms with Crippen molar-refractivity contribution in [2.45, 2.75) is 26.6 Å². The zero-order valence-corrected chi connectivity index (χ0v) is 15.7. The van der Waals surface area contributed by atoms with E-state index in [-0.39, 0.29) is 11.8 Å². The van der Waals surface area contributed by atoms with Crippen LogP contribution in [0.1, 0.15) is 19.8 Å².